The van der Waals surface area contributed by atoms with Gasteiger partial charge in [0.2, 0.25) is 0 Å². The number of imidazole rings is 2. The molecule has 2 atom stereocenters. The number of hydrogen-bond acceptors (Lipinski definition) is 6. The lowest BCUT2D eigenvalue weighted by Gasteiger charge is -2.20. The van der Waals surface area contributed by atoms with E-state index in [4.69, 9.17) is 19.4 Å². The summed E-state index contributed by atoms with van der Waals surface area (Å²) in [5.41, 5.74) is 4.83. The number of carbonyl (C=O) groups is 2. The van der Waals surface area contributed by atoms with Crippen LogP contribution in [-0.4, -0.2) is 43.1 Å². The summed E-state index contributed by atoms with van der Waals surface area (Å²) in [5, 5.41) is 0. The predicted molar refractivity (Wildman–Crippen MR) is 165 cm³/mol. The zero-order chi connectivity index (χ0) is 30.7. The molecule has 4 rings (SSSR count). The maximum atomic E-state index is 12.2. The third kappa shape index (κ3) is 8.41. The van der Waals surface area contributed by atoms with Gasteiger partial charge in [-0.15, -0.1) is 0 Å². The van der Waals surface area contributed by atoms with Crippen LogP contribution in [0.25, 0.3) is 33.6 Å². The fourth-order valence-electron chi connectivity index (χ4n) is 4.60. The molecule has 0 spiro atoms. The zero-order valence-corrected chi connectivity index (χ0v) is 25.9. The number of H-pyrrole nitrogens is 2. The van der Waals surface area contributed by atoms with Crippen molar-refractivity contribution in [3.05, 3.63) is 72.6 Å². The number of nitrogens with one attached hydrogen (secondary N) is 2. The Morgan fingerprint density at radius 3 is 1.24 bits per heavy atom. The molecular weight excluding hydrogens is 528 g/mol. The Morgan fingerprint density at radius 1 is 0.619 bits per heavy atom. The molecule has 0 aliphatic rings. The van der Waals surface area contributed by atoms with Crippen molar-refractivity contribution in [1.82, 2.24) is 19.9 Å². The van der Waals surface area contributed by atoms with E-state index in [-0.39, 0.29) is 36.6 Å². The summed E-state index contributed by atoms with van der Waals surface area (Å²) in [5.74, 6) is 0.899. The van der Waals surface area contributed by atoms with Crippen LogP contribution < -0.4 is 0 Å². The van der Waals surface area contributed by atoms with E-state index in [1.807, 2.05) is 92.0 Å². The summed E-state index contributed by atoms with van der Waals surface area (Å²) in [6.07, 6.45) is 4.28. The van der Waals surface area contributed by atoms with Crippen molar-refractivity contribution in [2.75, 3.05) is 0 Å². The Kier molecular flexibility index (Phi) is 9.04. The highest BCUT2D eigenvalue weighted by Gasteiger charge is 2.22. The molecular formula is C34H42N4O4. The minimum atomic E-state index is -0.501. The number of esters is 2. The molecule has 0 unspecified atom stereocenters. The Bertz CT molecular complexity index is 1390. The highest BCUT2D eigenvalue weighted by molar-refractivity contribution is 5.73. The third-order valence-corrected chi connectivity index (χ3v) is 6.61. The van der Waals surface area contributed by atoms with Gasteiger partial charge < -0.3 is 19.4 Å². The molecule has 0 radical (unpaired) electrons. The van der Waals surface area contributed by atoms with E-state index < -0.39 is 11.2 Å². The molecule has 2 heterocycles. The van der Waals surface area contributed by atoms with E-state index in [2.05, 4.69) is 34.2 Å². The molecule has 0 amide bonds. The third-order valence-electron chi connectivity index (χ3n) is 6.61. The van der Waals surface area contributed by atoms with E-state index in [0.717, 1.165) is 45.3 Å². The van der Waals surface area contributed by atoms with E-state index in [0.29, 0.717) is 0 Å². The highest BCUT2D eigenvalue weighted by Crippen LogP contribution is 2.29. The summed E-state index contributed by atoms with van der Waals surface area (Å²) in [7, 11) is 0. The first-order valence-corrected chi connectivity index (χ1v) is 14.4. The van der Waals surface area contributed by atoms with Gasteiger partial charge in [0.15, 0.2) is 0 Å². The maximum Gasteiger partial charge on any atom is 0.307 e. The number of rotatable bonds is 9. The molecule has 0 fully saturated rings. The predicted octanol–water partition coefficient (Wildman–Crippen LogP) is 7.80. The Balaban J connectivity index is 1.38. The second-order valence-corrected chi connectivity index (χ2v) is 12.9. The summed E-state index contributed by atoms with van der Waals surface area (Å²) < 4.78 is 10.9. The lowest BCUT2D eigenvalue weighted by atomic mass is 10.0. The topological polar surface area (TPSA) is 110 Å². The van der Waals surface area contributed by atoms with Crippen LogP contribution in [0.2, 0.25) is 0 Å². The molecule has 0 aliphatic carbocycles. The first-order valence-electron chi connectivity index (χ1n) is 14.4. The molecule has 2 N–H and O–H groups in total. The van der Waals surface area contributed by atoms with Gasteiger partial charge in [0.1, 0.15) is 22.9 Å². The van der Waals surface area contributed by atoms with Crippen molar-refractivity contribution >= 4 is 11.9 Å². The molecule has 0 saturated heterocycles. The average molecular weight is 571 g/mol. The normalized spacial score (nSPS) is 13.4. The Labute approximate surface area is 248 Å². The lowest BCUT2D eigenvalue weighted by Crippen LogP contribution is -2.24. The van der Waals surface area contributed by atoms with E-state index >= 15 is 0 Å². The standard InChI is InChI=1S/C34H42N4O4/c1-21(17-29(39)41-33(3,4)5)31-35-19-27(37-31)25-13-9-23(10-14-25)24-11-15-26(16-12-24)28-20-36-32(38-28)22(2)18-30(40)42-34(6,7)8/h9-16,19-22H,17-18H2,1-8H3,(H,35,37)(H,36,38)/t21-,22-/m1/s1. The number of aromatic amines is 2. The van der Waals surface area contributed by atoms with Crippen LogP contribution in [0.1, 0.15) is 91.7 Å². The van der Waals surface area contributed by atoms with Gasteiger partial charge in [-0.1, -0.05) is 62.4 Å². The Morgan fingerprint density at radius 2 is 0.929 bits per heavy atom. The van der Waals surface area contributed by atoms with E-state index in [1.165, 1.54) is 0 Å². The van der Waals surface area contributed by atoms with Crippen LogP contribution >= 0.6 is 0 Å². The first kappa shape index (κ1) is 30.8. The first-order chi connectivity index (χ1) is 19.7. The number of benzene rings is 2. The Hall–Kier alpha value is -4.20. The summed E-state index contributed by atoms with van der Waals surface area (Å²) >= 11 is 0. The second-order valence-electron chi connectivity index (χ2n) is 12.9. The molecule has 4 aromatic rings. The molecule has 2 aromatic heterocycles. The number of hydrogen-bond donors (Lipinski definition) is 2. The number of nitrogens with zero attached hydrogens (tertiary/aromatic N) is 2. The van der Waals surface area contributed by atoms with Crippen molar-refractivity contribution in [3.8, 4) is 33.6 Å². The molecule has 222 valence electrons. The maximum absolute atomic E-state index is 12.2. The minimum absolute atomic E-state index is 0.0785. The lowest BCUT2D eigenvalue weighted by molar-refractivity contribution is -0.156. The molecule has 8 nitrogen and oxygen atoms in total. The van der Waals surface area contributed by atoms with Gasteiger partial charge in [0.25, 0.3) is 0 Å². The minimum Gasteiger partial charge on any atom is -0.460 e. The summed E-state index contributed by atoms with van der Waals surface area (Å²) in [4.78, 5) is 40.3. The van der Waals surface area contributed by atoms with Gasteiger partial charge >= 0.3 is 11.9 Å². The highest BCUT2D eigenvalue weighted by atomic mass is 16.6. The van der Waals surface area contributed by atoms with Crippen molar-refractivity contribution in [1.29, 1.82) is 0 Å². The van der Waals surface area contributed by atoms with Gasteiger partial charge in [-0.05, 0) is 52.7 Å². The van der Waals surface area contributed by atoms with Gasteiger partial charge in [0, 0.05) is 35.4 Å². The van der Waals surface area contributed by atoms with Crippen LogP contribution in [0.5, 0.6) is 0 Å². The van der Waals surface area contributed by atoms with Crippen molar-refractivity contribution < 1.29 is 19.1 Å². The van der Waals surface area contributed by atoms with Gasteiger partial charge in [-0.2, -0.15) is 0 Å². The van der Waals surface area contributed by atoms with Crippen LogP contribution in [0.15, 0.2) is 60.9 Å². The van der Waals surface area contributed by atoms with Crippen molar-refractivity contribution in [2.45, 2.75) is 91.3 Å². The molecule has 42 heavy (non-hydrogen) atoms. The van der Waals surface area contributed by atoms with Crippen molar-refractivity contribution in [3.63, 3.8) is 0 Å². The smallest absolute Gasteiger partial charge is 0.307 e. The molecule has 8 heteroatoms. The van der Waals surface area contributed by atoms with E-state index in [9.17, 15) is 9.59 Å². The monoisotopic (exact) mass is 570 g/mol. The summed E-state index contributed by atoms with van der Waals surface area (Å²) in [6.45, 7) is 15.1. The fraction of sp³-hybridized carbons (Fsp3) is 0.412. The van der Waals surface area contributed by atoms with Gasteiger partial charge in [-0.25, -0.2) is 9.97 Å². The van der Waals surface area contributed by atoms with Crippen LogP contribution in [-0.2, 0) is 19.1 Å². The van der Waals surface area contributed by atoms with E-state index in [1.54, 1.807) is 0 Å². The van der Waals surface area contributed by atoms with Gasteiger partial charge in [0.05, 0.1) is 24.2 Å². The largest absolute Gasteiger partial charge is 0.460 e. The van der Waals surface area contributed by atoms with Crippen LogP contribution in [0.3, 0.4) is 0 Å². The summed E-state index contributed by atoms with van der Waals surface area (Å²) in [6, 6.07) is 16.5. The quantitative estimate of drug-likeness (QED) is 0.199. The molecule has 0 aliphatic heterocycles. The zero-order valence-electron chi connectivity index (χ0n) is 25.9. The van der Waals surface area contributed by atoms with Crippen molar-refractivity contribution in [2.24, 2.45) is 0 Å². The van der Waals surface area contributed by atoms with Crippen LogP contribution in [0.4, 0.5) is 0 Å². The van der Waals surface area contributed by atoms with Crippen LogP contribution in [0, 0.1) is 0 Å². The average Bonchev–Trinajstić information content (AvgIpc) is 3.57. The SMILES string of the molecule is C[C@H](CC(=O)OC(C)(C)C)c1nc(-c2ccc(-c3ccc(-c4c[nH]c([C@H](C)CC(=O)OC(C)(C)C)n4)cc3)cc2)c[nH]1. The molecule has 2 aromatic carbocycles. The second kappa shape index (κ2) is 12.3. The fourth-order valence-corrected chi connectivity index (χ4v) is 4.60. The number of carbonyl (C=O) groups excluding carboxylic acids is 2. The molecule has 0 saturated carbocycles. The molecule has 0 bridgehead atoms. The number of aromatic nitrogens is 4. The van der Waals surface area contributed by atoms with Gasteiger partial charge in [-0.3, -0.25) is 9.59 Å². The number of ether oxygens (including phenoxy) is 2.